The Morgan fingerprint density at radius 3 is 2.40 bits per heavy atom. The Morgan fingerprint density at radius 2 is 1.90 bits per heavy atom. The molecule has 0 saturated heterocycles. The summed E-state index contributed by atoms with van der Waals surface area (Å²) in [7, 11) is 0. The minimum absolute atomic E-state index is 0.291. The second kappa shape index (κ2) is 3.37. The van der Waals surface area contributed by atoms with Crippen molar-refractivity contribution in [1.29, 1.82) is 0 Å². The second-order valence-electron chi connectivity index (χ2n) is 2.33. The Morgan fingerprint density at radius 1 is 1.30 bits per heavy atom. The number of rotatable bonds is 2. The highest BCUT2D eigenvalue weighted by molar-refractivity contribution is 5.16. The standard InChI is InChI=1S/C9H12O/c1-2-9(10)8-6-4-3-5-7-8/h3-7,9-10H,2H2,1H3/t9-/m0/s1. The predicted molar refractivity (Wildman–Crippen MR) is 41.7 cm³/mol. The molecule has 0 aliphatic carbocycles. The van der Waals surface area contributed by atoms with Gasteiger partial charge in [-0.25, -0.2) is 0 Å². The summed E-state index contributed by atoms with van der Waals surface area (Å²) < 4.78 is 0. The van der Waals surface area contributed by atoms with Gasteiger partial charge in [0.05, 0.1) is 6.10 Å². The van der Waals surface area contributed by atoms with Crippen LogP contribution in [0, 0.1) is 0 Å². The largest absolute Gasteiger partial charge is 0.388 e. The number of aliphatic hydroxyl groups is 1. The van der Waals surface area contributed by atoms with Crippen LogP contribution in [0.4, 0.5) is 0 Å². The zero-order valence-corrected chi connectivity index (χ0v) is 6.12. The Labute approximate surface area is 61.3 Å². The maximum atomic E-state index is 9.33. The minimum Gasteiger partial charge on any atom is -0.388 e. The van der Waals surface area contributed by atoms with Gasteiger partial charge in [-0.1, -0.05) is 37.3 Å². The molecule has 1 atom stereocenters. The number of hydrogen-bond acceptors (Lipinski definition) is 1. The first kappa shape index (κ1) is 7.29. The van der Waals surface area contributed by atoms with Crippen LogP contribution in [0.15, 0.2) is 30.3 Å². The molecule has 0 bridgehead atoms. The van der Waals surface area contributed by atoms with Gasteiger partial charge in [-0.05, 0) is 12.0 Å². The zero-order chi connectivity index (χ0) is 7.40. The molecule has 1 aromatic carbocycles. The van der Waals surface area contributed by atoms with Crippen molar-refractivity contribution in [2.75, 3.05) is 0 Å². The van der Waals surface area contributed by atoms with Gasteiger partial charge in [0.1, 0.15) is 0 Å². The maximum Gasteiger partial charge on any atom is 0.0787 e. The second-order valence-corrected chi connectivity index (χ2v) is 2.33. The van der Waals surface area contributed by atoms with Gasteiger partial charge >= 0.3 is 0 Å². The average Bonchev–Trinajstić information content (AvgIpc) is 2.05. The Kier molecular flexibility index (Phi) is 2.46. The van der Waals surface area contributed by atoms with E-state index in [1.165, 1.54) is 0 Å². The monoisotopic (exact) mass is 136 g/mol. The first-order valence-corrected chi connectivity index (χ1v) is 3.57. The van der Waals surface area contributed by atoms with Gasteiger partial charge in [0, 0.05) is 0 Å². The van der Waals surface area contributed by atoms with E-state index >= 15 is 0 Å². The molecule has 0 unspecified atom stereocenters. The molecule has 0 aliphatic rings. The molecule has 0 radical (unpaired) electrons. The molecule has 1 aromatic rings. The fourth-order valence-electron chi connectivity index (χ4n) is 0.911. The molecule has 1 N–H and O–H groups in total. The molecule has 0 amide bonds. The fourth-order valence-corrected chi connectivity index (χ4v) is 0.911. The van der Waals surface area contributed by atoms with Crippen molar-refractivity contribution in [3.05, 3.63) is 35.9 Å². The van der Waals surface area contributed by atoms with Crippen molar-refractivity contribution >= 4 is 0 Å². The van der Waals surface area contributed by atoms with E-state index in [0.29, 0.717) is 0 Å². The third-order valence-electron chi connectivity index (χ3n) is 1.57. The van der Waals surface area contributed by atoms with E-state index in [2.05, 4.69) is 0 Å². The summed E-state index contributed by atoms with van der Waals surface area (Å²) in [6, 6.07) is 9.70. The van der Waals surface area contributed by atoms with E-state index in [4.69, 9.17) is 0 Å². The van der Waals surface area contributed by atoms with Crippen molar-refractivity contribution in [3.8, 4) is 0 Å². The predicted octanol–water partition coefficient (Wildman–Crippen LogP) is 2.13. The van der Waals surface area contributed by atoms with Crippen LogP contribution < -0.4 is 0 Å². The summed E-state index contributed by atoms with van der Waals surface area (Å²) in [5, 5.41) is 9.33. The summed E-state index contributed by atoms with van der Waals surface area (Å²) in [5.74, 6) is 0. The maximum absolute atomic E-state index is 9.33. The van der Waals surface area contributed by atoms with E-state index in [-0.39, 0.29) is 6.10 Å². The highest BCUT2D eigenvalue weighted by Crippen LogP contribution is 2.14. The third kappa shape index (κ3) is 1.58. The molecule has 1 heteroatoms. The van der Waals surface area contributed by atoms with Crippen LogP contribution in [-0.4, -0.2) is 5.11 Å². The highest BCUT2D eigenvalue weighted by Gasteiger charge is 2.00. The van der Waals surface area contributed by atoms with E-state index in [1.807, 2.05) is 37.3 Å². The van der Waals surface area contributed by atoms with Gasteiger partial charge in [0.2, 0.25) is 0 Å². The van der Waals surface area contributed by atoms with E-state index in [0.717, 1.165) is 12.0 Å². The van der Waals surface area contributed by atoms with Gasteiger partial charge in [0.15, 0.2) is 0 Å². The summed E-state index contributed by atoms with van der Waals surface area (Å²) in [5.41, 5.74) is 1.00. The van der Waals surface area contributed by atoms with E-state index in [9.17, 15) is 5.11 Å². The molecule has 10 heavy (non-hydrogen) atoms. The number of benzene rings is 1. The van der Waals surface area contributed by atoms with Crippen molar-refractivity contribution in [2.24, 2.45) is 0 Å². The van der Waals surface area contributed by atoms with Crippen LogP contribution in [-0.2, 0) is 0 Å². The summed E-state index contributed by atoms with van der Waals surface area (Å²) >= 11 is 0. The lowest BCUT2D eigenvalue weighted by molar-refractivity contribution is 0.173. The minimum atomic E-state index is -0.291. The van der Waals surface area contributed by atoms with E-state index < -0.39 is 0 Å². The molecule has 0 aliphatic heterocycles. The zero-order valence-electron chi connectivity index (χ0n) is 6.12. The van der Waals surface area contributed by atoms with Crippen LogP contribution in [0.5, 0.6) is 0 Å². The van der Waals surface area contributed by atoms with Crippen molar-refractivity contribution in [3.63, 3.8) is 0 Å². The molecular weight excluding hydrogens is 124 g/mol. The highest BCUT2D eigenvalue weighted by atomic mass is 16.3. The molecule has 0 fully saturated rings. The number of hydrogen-bond donors (Lipinski definition) is 1. The Bertz CT molecular complexity index is 181. The molecular formula is C9H12O. The molecule has 0 aromatic heterocycles. The van der Waals surface area contributed by atoms with Gasteiger partial charge < -0.3 is 5.11 Å². The summed E-state index contributed by atoms with van der Waals surface area (Å²) in [6.07, 6.45) is 0.491. The molecule has 0 saturated carbocycles. The summed E-state index contributed by atoms with van der Waals surface area (Å²) in [6.45, 7) is 1.97. The van der Waals surface area contributed by atoms with Gasteiger partial charge in [-0.15, -0.1) is 0 Å². The quantitative estimate of drug-likeness (QED) is 0.660. The van der Waals surface area contributed by atoms with Gasteiger partial charge in [-0.2, -0.15) is 0 Å². The smallest absolute Gasteiger partial charge is 0.0787 e. The molecule has 1 rings (SSSR count). The third-order valence-corrected chi connectivity index (χ3v) is 1.57. The van der Waals surface area contributed by atoms with Crippen LogP contribution in [0.2, 0.25) is 0 Å². The molecule has 0 heterocycles. The molecule has 0 spiro atoms. The normalized spacial score (nSPS) is 13.0. The van der Waals surface area contributed by atoms with Crippen molar-refractivity contribution < 1.29 is 5.11 Å². The Balaban J connectivity index is 2.75. The SMILES string of the molecule is CC[C@H](O)c1ccccc1. The van der Waals surface area contributed by atoms with Gasteiger partial charge in [0.25, 0.3) is 0 Å². The van der Waals surface area contributed by atoms with Crippen molar-refractivity contribution in [1.82, 2.24) is 0 Å². The lowest BCUT2D eigenvalue weighted by atomic mass is 10.1. The first-order valence-electron chi connectivity index (χ1n) is 3.57. The lowest BCUT2D eigenvalue weighted by Gasteiger charge is -2.05. The first-order chi connectivity index (χ1) is 4.84. The van der Waals surface area contributed by atoms with Crippen molar-refractivity contribution in [2.45, 2.75) is 19.4 Å². The molecule has 1 nitrogen and oxygen atoms in total. The number of aliphatic hydroxyl groups excluding tert-OH is 1. The van der Waals surface area contributed by atoms with Crippen LogP contribution in [0.25, 0.3) is 0 Å². The Hall–Kier alpha value is -0.820. The lowest BCUT2D eigenvalue weighted by Crippen LogP contribution is -1.93. The van der Waals surface area contributed by atoms with Gasteiger partial charge in [-0.3, -0.25) is 0 Å². The van der Waals surface area contributed by atoms with Crippen LogP contribution >= 0.6 is 0 Å². The molecule has 54 valence electrons. The van der Waals surface area contributed by atoms with Crippen LogP contribution in [0.3, 0.4) is 0 Å². The van der Waals surface area contributed by atoms with E-state index in [1.54, 1.807) is 0 Å². The van der Waals surface area contributed by atoms with Crippen LogP contribution in [0.1, 0.15) is 25.0 Å². The fraction of sp³-hybridized carbons (Fsp3) is 0.333. The average molecular weight is 136 g/mol. The topological polar surface area (TPSA) is 20.2 Å². The summed E-state index contributed by atoms with van der Waals surface area (Å²) in [4.78, 5) is 0.